The zero-order valence-electron chi connectivity index (χ0n) is 22.9. The second-order valence-electron chi connectivity index (χ2n) is 9.87. The lowest BCUT2D eigenvalue weighted by Crippen LogP contribution is -2.52. The fraction of sp³-hybridized carbons (Fsp3) is 0.333. The fourth-order valence-electron chi connectivity index (χ4n) is 4.38. The van der Waals surface area contributed by atoms with Gasteiger partial charge in [-0.15, -0.1) is 0 Å². The van der Waals surface area contributed by atoms with Crippen molar-refractivity contribution >= 4 is 27.5 Å². The summed E-state index contributed by atoms with van der Waals surface area (Å²) in [5.74, 6) is -2.04. The second kappa shape index (κ2) is 14.0. The summed E-state index contributed by atoms with van der Waals surface area (Å²) in [6.45, 7) is 3.31. The number of anilines is 1. The van der Waals surface area contributed by atoms with E-state index in [1.165, 1.54) is 29.2 Å². The van der Waals surface area contributed by atoms with Crippen LogP contribution in [0.5, 0.6) is 0 Å². The number of carbonyl (C=O) groups excluding carboxylic acids is 2. The molecule has 0 bridgehead atoms. The van der Waals surface area contributed by atoms with Crippen molar-refractivity contribution in [2.24, 2.45) is 0 Å². The number of benzene rings is 3. The monoisotopic (exact) mass is 571 g/mol. The van der Waals surface area contributed by atoms with Crippen molar-refractivity contribution in [2.75, 3.05) is 17.1 Å². The Morgan fingerprint density at radius 2 is 1.48 bits per heavy atom. The number of para-hydroxylation sites is 1. The summed E-state index contributed by atoms with van der Waals surface area (Å²) in [6.07, 6.45) is 1.08. The molecule has 7 nitrogen and oxygen atoms in total. The molecule has 0 radical (unpaired) electrons. The SMILES string of the molecule is CC(C)NC(=O)[C@@H](Cc1ccccc1)N(Cc1ccccc1F)C(=O)CCCN(c1ccccc1F)S(C)(=O)=O. The molecule has 0 saturated carbocycles. The molecule has 0 aliphatic heterocycles. The molecule has 3 aromatic rings. The zero-order chi connectivity index (χ0) is 29.3. The summed E-state index contributed by atoms with van der Waals surface area (Å²) in [4.78, 5) is 28.4. The van der Waals surface area contributed by atoms with Crippen molar-refractivity contribution in [3.8, 4) is 0 Å². The van der Waals surface area contributed by atoms with E-state index in [4.69, 9.17) is 0 Å². The first-order valence-corrected chi connectivity index (χ1v) is 14.9. The molecule has 1 atom stereocenters. The predicted octanol–water partition coefficient (Wildman–Crippen LogP) is 4.68. The minimum Gasteiger partial charge on any atom is -0.352 e. The van der Waals surface area contributed by atoms with Gasteiger partial charge in [0.2, 0.25) is 21.8 Å². The van der Waals surface area contributed by atoms with Crippen LogP contribution in [0.4, 0.5) is 14.5 Å². The molecule has 2 amide bonds. The fourth-order valence-corrected chi connectivity index (χ4v) is 5.35. The van der Waals surface area contributed by atoms with Crippen LogP contribution in [0, 0.1) is 11.6 Å². The molecular formula is C30H35F2N3O4S. The number of halogens is 2. The van der Waals surface area contributed by atoms with Gasteiger partial charge in [0, 0.05) is 37.5 Å². The summed E-state index contributed by atoms with van der Waals surface area (Å²) >= 11 is 0. The molecule has 1 N–H and O–H groups in total. The van der Waals surface area contributed by atoms with Gasteiger partial charge in [0.25, 0.3) is 0 Å². The van der Waals surface area contributed by atoms with Crippen LogP contribution in [-0.2, 0) is 32.6 Å². The van der Waals surface area contributed by atoms with E-state index < -0.39 is 33.6 Å². The van der Waals surface area contributed by atoms with E-state index in [-0.39, 0.29) is 55.6 Å². The molecule has 40 heavy (non-hydrogen) atoms. The maximum absolute atomic E-state index is 14.7. The van der Waals surface area contributed by atoms with Gasteiger partial charge >= 0.3 is 0 Å². The molecule has 3 aromatic carbocycles. The van der Waals surface area contributed by atoms with Crippen molar-refractivity contribution in [1.82, 2.24) is 10.2 Å². The summed E-state index contributed by atoms with van der Waals surface area (Å²) in [7, 11) is -3.84. The van der Waals surface area contributed by atoms with Crippen molar-refractivity contribution in [2.45, 2.75) is 51.7 Å². The number of nitrogens with one attached hydrogen (secondary N) is 1. The van der Waals surface area contributed by atoms with E-state index in [2.05, 4.69) is 5.32 Å². The van der Waals surface area contributed by atoms with E-state index in [1.54, 1.807) is 18.2 Å². The normalized spacial score (nSPS) is 12.2. The molecule has 0 aliphatic carbocycles. The zero-order valence-corrected chi connectivity index (χ0v) is 23.7. The van der Waals surface area contributed by atoms with Crippen molar-refractivity contribution in [3.63, 3.8) is 0 Å². The lowest BCUT2D eigenvalue weighted by atomic mass is 10.0. The largest absolute Gasteiger partial charge is 0.352 e. The van der Waals surface area contributed by atoms with Crippen LogP contribution >= 0.6 is 0 Å². The molecule has 214 valence electrons. The Balaban J connectivity index is 1.90. The summed E-state index contributed by atoms with van der Waals surface area (Å²) in [5.41, 5.74) is 0.954. The van der Waals surface area contributed by atoms with Gasteiger partial charge in [-0.05, 0) is 44.0 Å². The molecule has 0 aromatic heterocycles. The molecule has 0 heterocycles. The first kappa shape index (κ1) is 30.7. The van der Waals surface area contributed by atoms with Gasteiger partial charge in [0.05, 0.1) is 11.9 Å². The van der Waals surface area contributed by atoms with Crippen LogP contribution < -0.4 is 9.62 Å². The maximum Gasteiger partial charge on any atom is 0.243 e. The number of amides is 2. The Hall–Kier alpha value is -3.79. The highest BCUT2D eigenvalue weighted by Crippen LogP contribution is 2.23. The quantitative estimate of drug-likeness (QED) is 0.323. The first-order valence-electron chi connectivity index (χ1n) is 13.1. The summed E-state index contributed by atoms with van der Waals surface area (Å²) in [5, 5.41) is 2.87. The van der Waals surface area contributed by atoms with Gasteiger partial charge < -0.3 is 10.2 Å². The first-order chi connectivity index (χ1) is 19.0. The van der Waals surface area contributed by atoms with Crippen molar-refractivity contribution in [3.05, 3.63) is 102 Å². The molecule has 0 aliphatic rings. The number of hydrogen-bond donors (Lipinski definition) is 1. The number of hydrogen-bond acceptors (Lipinski definition) is 4. The van der Waals surface area contributed by atoms with E-state index in [9.17, 15) is 26.8 Å². The third-order valence-corrected chi connectivity index (χ3v) is 7.45. The van der Waals surface area contributed by atoms with E-state index in [1.807, 2.05) is 44.2 Å². The van der Waals surface area contributed by atoms with Gasteiger partial charge in [0.1, 0.15) is 17.7 Å². The van der Waals surface area contributed by atoms with Gasteiger partial charge in [0.15, 0.2) is 0 Å². The Bertz CT molecular complexity index is 1400. The van der Waals surface area contributed by atoms with Crippen LogP contribution in [0.25, 0.3) is 0 Å². The average molecular weight is 572 g/mol. The van der Waals surface area contributed by atoms with Gasteiger partial charge in [-0.2, -0.15) is 0 Å². The second-order valence-corrected chi connectivity index (χ2v) is 11.8. The van der Waals surface area contributed by atoms with Gasteiger partial charge in [-0.1, -0.05) is 60.7 Å². The lowest BCUT2D eigenvalue weighted by Gasteiger charge is -2.32. The van der Waals surface area contributed by atoms with Crippen LogP contribution in [0.1, 0.15) is 37.8 Å². The standard InChI is InChI=1S/C30H35F2N3O4S/c1-22(2)33-30(37)28(20-23-12-5-4-6-13-23)34(21-24-14-7-8-15-25(24)31)29(36)18-11-19-35(40(3,38)39)27-17-10-9-16-26(27)32/h4-10,12-17,22,28H,11,18-21H2,1-3H3,(H,33,37)/t28-/m1/s1. The minimum absolute atomic E-state index is 0.0534. The van der Waals surface area contributed by atoms with Gasteiger partial charge in [-0.25, -0.2) is 17.2 Å². The molecule has 0 fully saturated rings. The molecule has 0 spiro atoms. The van der Waals surface area contributed by atoms with Crippen LogP contribution in [0.2, 0.25) is 0 Å². The highest BCUT2D eigenvalue weighted by atomic mass is 32.2. The van der Waals surface area contributed by atoms with E-state index in [0.717, 1.165) is 22.2 Å². The molecule has 0 unspecified atom stereocenters. The third-order valence-electron chi connectivity index (χ3n) is 6.27. The topological polar surface area (TPSA) is 86.8 Å². The van der Waals surface area contributed by atoms with Crippen molar-refractivity contribution < 1.29 is 26.8 Å². The Labute approximate surface area is 234 Å². The molecular weight excluding hydrogens is 536 g/mol. The Kier molecular flexibility index (Phi) is 10.8. The van der Waals surface area contributed by atoms with Gasteiger partial charge in [-0.3, -0.25) is 13.9 Å². The smallest absolute Gasteiger partial charge is 0.243 e. The van der Waals surface area contributed by atoms with Crippen LogP contribution in [-0.4, -0.2) is 50.0 Å². The van der Waals surface area contributed by atoms with Crippen LogP contribution in [0.3, 0.4) is 0 Å². The number of nitrogens with zero attached hydrogens (tertiary/aromatic N) is 2. The average Bonchev–Trinajstić information content (AvgIpc) is 2.89. The summed E-state index contributed by atoms with van der Waals surface area (Å²) < 4.78 is 54.9. The number of carbonyl (C=O) groups is 2. The molecule has 10 heteroatoms. The highest BCUT2D eigenvalue weighted by molar-refractivity contribution is 7.92. The van der Waals surface area contributed by atoms with E-state index >= 15 is 0 Å². The minimum atomic E-state index is -3.84. The predicted molar refractivity (Wildman–Crippen MR) is 152 cm³/mol. The van der Waals surface area contributed by atoms with Crippen LogP contribution in [0.15, 0.2) is 78.9 Å². The highest BCUT2D eigenvalue weighted by Gasteiger charge is 2.31. The number of sulfonamides is 1. The Morgan fingerprint density at radius 1 is 0.875 bits per heavy atom. The van der Waals surface area contributed by atoms with Crippen molar-refractivity contribution in [1.29, 1.82) is 0 Å². The number of rotatable bonds is 13. The lowest BCUT2D eigenvalue weighted by molar-refractivity contribution is -0.141. The maximum atomic E-state index is 14.7. The third kappa shape index (κ3) is 8.61. The summed E-state index contributed by atoms with van der Waals surface area (Å²) in [6, 6.07) is 19.6. The molecule has 3 rings (SSSR count). The molecule has 0 saturated heterocycles. The van der Waals surface area contributed by atoms with E-state index in [0.29, 0.717) is 0 Å². The Morgan fingerprint density at radius 3 is 2.08 bits per heavy atom.